The number of carbonyl (C=O) groups is 1. The van der Waals surface area contributed by atoms with Gasteiger partial charge >= 0.3 is 6.03 Å². The molecule has 3 heterocycles. The molecule has 2 amide bonds. The highest BCUT2D eigenvalue weighted by atomic mass is 16.2. The lowest BCUT2D eigenvalue weighted by molar-refractivity contribution is 0.169. The summed E-state index contributed by atoms with van der Waals surface area (Å²) in [4.78, 5) is 26.9. The molecule has 0 spiro atoms. The Morgan fingerprint density at radius 2 is 1.95 bits per heavy atom. The third-order valence-electron chi connectivity index (χ3n) is 4.60. The van der Waals surface area contributed by atoms with Crippen LogP contribution in [-0.4, -0.2) is 64.6 Å². The number of piperidine rings is 1. The normalized spacial score (nSPS) is 20.1. The molecule has 0 saturated carbocycles. The molecule has 7 nitrogen and oxygen atoms in total. The fourth-order valence-electron chi connectivity index (χ4n) is 3.38. The van der Waals surface area contributed by atoms with Crippen molar-refractivity contribution in [3.05, 3.63) is 11.8 Å². The molecule has 2 saturated heterocycles. The van der Waals surface area contributed by atoms with Crippen molar-refractivity contribution < 1.29 is 4.79 Å². The topological polar surface area (TPSA) is 78.6 Å². The van der Waals surface area contributed by atoms with Crippen LogP contribution < -0.4 is 10.6 Å². The highest BCUT2D eigenvalue weighted by molar-refractivity contribution is 5.76. The fourth-order valence-corrected chi connectivity index (χ4v) is 3.38. The Morgan fingerprint density at radius 1 is 1.23 bits per heavy atom. The van der Waals surface area contributed by atoms with E-state index in [1.165, 1.54) is 0 Å². The second-order valence-corrected chi connectivity index (χ2v) is 6.00. The Morgan fingerprint density at radius 3 is 2.55 bits per heavy atom. The van der Waals surface area contributed by atoms with E-state index in [9.17, 15) is 4.79 Å². The molecule has 2 N–H and O–H groups in total. The molecule has 3 rings (SSSR count). The van der Waals surface area contributed by atoms with Crippen LogP contribution in [0, 0.1) is 6.92 Å². The van der Waals surface area contributed by atoms with Gasteiger partial charge < -0.3 is 20.4 Å². The van der Waals surface area contributed by atoms with Crippen LogP contribution in [0.2, 0.25) is 0 Å². The van der Waals surface area contributed by atoms with Crippen molar-refractivity contribution >= 4 is 17.8 Å². The Balaban J connectivity index is 1.62. The summed E-state index contributed by atoms with van der Waals surface area (Å²) >= 11 is 0. The van der Waals surface area contributed by atoms with Crippen molar-refractivity contribution in [1.29, 1.82) is 0 Å². The van der Waals surface area contributed by atoms with E-state index in [-0.39, 0.29) is 6.03 Å². The summed E-state index contributed by atoms with van der Waals surface area (Å²) in [6.45, 7) is 8.27. The number of hydrogen-bond donors (Lipinski definition) is 1. The summed E-state index contributed by atoms with van der Waals surface area (Å²) in [7, 11) is 0. The van der Waals surface area contributed by atoms with Crippen LogP contribution in [-0.2, 0) is 0 Å². The molecule has 120 valence electrons. The predicted octanol–water partition coefficient (Wildman–Crippen LogP) is 1.09. The van der Waals surface area contributed by atoms with E-state index >= 15 is 0 Å². The number of aromatic nitrogens is 2. The van der Waals surface area contributed by atoms with Gasteiger partial charge in [-0.3, -0.25) is 0 Å². The number of aryl methyl sites for hydroxylation is 1. The smallest absolute Gasteiger partial charge is 0.320 e. The first kappa shape index (κ1) is 14.9. The van der Waals surface area contributed by atoms with Crippen LogP contribution in [0.1, 0.15) is 25.5 Å². The minimum Gasteiger partial charge on any atom is -0.368 e. The second kappa shape index (κ2) is 5.98. The molecule has 7 heteroatoms. The van der Waals surface area contributed by atoms with E-state index in [0.717, 1.165) is 57.1 Å². The largest absolute Gasteiger partial charge is 0.368 e. The number of amides is 2. The number of nitrogen functional groups attached to an aromatic ring is 1. The first-order valence-electron chi connectivity index (χ1n) is 8.00. The number of nitrogens with two attached hydrogens (primary N) is 1. The molecule has 0 aromatic carbocycles. The maximum absolute atomic E-state index is 12.3. The molecule has 0 atom stereocenters. The van der Waals surface area contributed by atoms with Crippen molar-refractivity contribution in [2.45, 2.75) is 32.7 Å². The summed E-state index contributed by atoms with van der Waals surface area (Å²) in [6, 6.07) is 2.51. The SMILES string of the molecule is CCN1CCN(C2CCN(c3cc(C)nc(N)n3)CC2)C1=O. The lowest BCUT2D eigenvalue weighted by Crippen LogP contribution is -2.46. The molecule has 0 unspecified atom stereocenters. The van der Waals surface area contributed by atoms with Gasteiger partial charge in [-0.05, 0) is 26.7 Å². The minimum absolute atomic E-state index is 0.197. The van der Waals surface area contributed by atoms with E-state index in [4.69, 9.17) is 5.73 Å². The highest BCUT2D eigenvalue weighted by Crippen LogP contribution is 2.24. The van der Waals surface area contributed by atoms with E-state index in [1.807, 2.05) is 29.7 Å². The zero-order chi connectivity index (χ0) is 15.7. The number of carbonyl (C=O) groups excluding carboxylic acids is 1. The maximum atomic E-state index is 12.3. The Hall–Kier alpha value is -2.05. The molecule has 1 aromatic heterocycles. The third kappa shape index (κ3) is 2.80. The lowest BCUT2D eigenvalue weighted by atomic mass is 10.0. The molecular formula is C15H24N6O. The van der Waals surface area contributed by atoms with Gasteiger partial charge in [0, 0.05) is 50.5 Å². The van der Waals surface area contributed by atoms with Crippen molar-refractivity contribution in [2.24, 2.45) is 0 Å². The van der Waals surface area contributed by atoms with Crippen LogP contribution in [0.4, 0.5) is 16.6 Å². The average molecular weight is 304 g/mol. The van der Waals surface area contributed by atoms with Crippen LogP contribution in [0.15, 0.2) is 6.07 Å². The molecule has 0 aliphatic carbocycles. The van der Waals surface area contributed by atoms with Gasteiger partial charge in [0.1, 0.15) is 5.82 Å². The molecule has 22 heavy (non-hydrogen) atoms. The molecule has 0 bridgehead atoms. The average Bonchev–Trinajstić information content (AvgIpc) is 2.87. The third-order valence-corrected chi connectivity index (χ3v) is 4.60. The Kier molecular flexibility index (Phi) is 4.04. The number of nitrogens with zero attached hydrogens (tertiary/aromatic N) is 5. The van der Waals surface area contributed by atoms with Crippen LogP contribution >= 0.6 is 0 Å². The van der Waals surface area contributed by atoms with Gasteiger partial charge in [0.2, 0.25) is 5.95 Å². The van der Waals surface area contributed by atoms with E-state index in [2.05, 4.69) is 14.9 Å². The standard InChI is InChI=1S/C15H24N6O/c1-3-19-8-9-21(15(19)22)12-4-6-20(7-5-12)13-10-11(2)17-14(16)18-13/h10,12H,3-9H2,1-2H3,(H2,16,17,18). The number of hydrogen-bond acceptors (Lipinski definition) is 5. The number of urea groups is 1. The van der Waals surface area contributed by atoms with Gasteiger partial charge in [0.15, 0.2) is 0 Å². The van der Waals surface area contributed by atoms with E-state index < -0.39 is 0 Å². The van der Waals surface area contributed by atoms with Crippen LogP contribution in [0.25, 0.3) is 0 Å². The summed E-state index contributed by atoms with van der Waals surface area (Å²) < 4.78 is 0. The molecular weight excluding hydrogens is 280 g/mol. The molecule has 2 aliphatic heterocycles. The second-order valence-electron chi connectivity index (χ2n) is 6.00. The summed E-state index contributed by atoms with van der Waals surface area (Å²) in [6.07, 6.45) is 1.96. The summed E-state index contributed by atoms with van der Waals surface area (Å²) in [5.41, 5.74) is 6.62. The Labute approximate surface area is 131 Å². The van der Waals surface area contributed by atoms with Gasteiger partial charge in [-0.2, -0.15) is 4.98 Å². The first-order chi connectivity index (χ1) is 10.6. The molecule has 1 aromatic rings. The van der Waals surface area contributed by atoms with Gasteiger partial charge in [-0.1, -0.05) is 0 Å². The predicted molar refractivity (Wildman–Crippen MR) is 85.8 cm³/mol. The van der Waals surface area contributed by atoms with Gasteiger partial charge in [0.25, 0.3) is 0 Å². The molecule has 2 fully saturated rings. The van der Waals surface area contributed by atoms with Crippen LogP contribution in [0.5, 0.6) is 0 Å². The van der Waals surface area contributed by atoms with Gasteiger partial charge in [0.05, 0.1) is 0 Å². The molecule has 2 aliphatic rings. The summed E-state index contributed by atoms with van der Waals surface area (Å²) in [5.74, 6) is 1.22. The van der Waals surface area contributed by atoms with Gasteiger partial charge in [-0.25, -0.2) is 9.78 Å². The Bertz CT molecular complexity index is 535. The van der Waals surface area contributed by atoms with Crippen molar-refractivity contribution in [1.82, 2.24) is 19.8 Å². The zero-order valence-corrected chi connectivity index (χ0v) is 13.3. The van der Waals surface area contributed by atoms with Crippen molar-refractivity contribution in [3.63, 3.8) is 0 Å². The quantitative estimate of drug-likeness (QED) is 0.904. The summed E-state index contributed by atoms with van der Waals surface area (Å²) in [5, 5.41) is 0. The minimum atomic E-state index is 0.197. The van der Waals surface area contributed by atoms with E-state index in [0.29, 0.717) is 12.0 Å². The fraction of sp³-hybridized carbons (Fsp3) is 0.667. The van der Waals surface area contributed by atoms with E-state index in [1.54, 1.807) is 0 Å². The highest BCUT2D eigenvalue weighted by Gasteiger charge is 2.34. The number of rotatable bonds is 3. The number of likely N-dealkylation sites (N-methyl/N-ethyl adjacent to an activating group) is 1. The van der Waals surface area contributed by atoms with Crippen LogP contribution in [0.3, 0.4) is 0 Å². The monoisotopic (exact) mass is 304 g/mol. The zero-order valence-electron chi connectivity index (χ0n) is 13.3. The van der Waals surface area contributed by atoms with Gasteiger partial charge in [-0.15, -0.1) is 0 Å². The first-order valence-corrected chi connectivity index (χ1v) is 8.00. The number of anilines is 2. The van der Waals surface area contributed by atoms with Crippen molar-refractivity contribution in [3.8, 4) is 0 Å². The molecule has 0 radical (unpaired) electrons. The maximum Gasteiger partial charge on any atom is 0.320 e. The lowest BCUT2D eigenvalue weighted by Gasteiger charge is -2.37. The van der Waals surface area contributed by atoms with Crippen molar-refractivity contribution in [2.75, 3.05) is 43.4 Å².